The largest absolute Gasteiger partial charge is 0.543 e. The van der Waals surface area contributed by atoms with Crippen LogP contribution in [-0.2, 0) is 12.8 Å². The Morgan fingerprint density at radius 2 is 1.31 bits per heavy atom. The normalized spacial score (nSPS) is 14.5. The lowest BCUT2D eigenvalue weighted by atomic mass is 9.85. The van der Waals surface area contributed by atoms with Gasteiger partial charge in [0.25, 0.3) is 0 Å². The number of rotatable bonds is 4. The molecule has 1 aromatic heterocycles. The molecule has 0 saturated heterocycles. The highest BCUT2D eigenvalue weighted by atomic mass is 28.4. The molecule has 3 aromatic rings. The highest BCUT2D eigenvalue weighted by molar-refractivity contribution is 6.75. The fraction of sp³-hybridized carbons (Fsp3) is 0.483. The summed E-state index contributed by atoms with van der Waals surface area (Å²) in [6.45, 7) is 22.3. The van der Waals surface area contributed by atoms with Crippen LogP contribution in [0, 0.1) is 0 Å². The van der Waals surface area contributed by atoms with Gasteiger partial charge in [-0.2, -0.15) is 0 Å². The lowest BCUT2D eigenvalue weighted by molar-refractivity contribution is 0.489. The minimum atomic E-state index is -1.99. The van der Waals surface area contributed by atoms with Crippen molar-refractivity contribution < 1.29 is 13.3 Å². The highest BCUT2D eigenvalue weighted by Gasteiger charge is 2.40. The first-order valence-electron chi connectivity index (χ1n) is 12.6. The third kappa shape index (κ3) is 4.75. The molecule has 0 fully saturated rings. The van der Waals surface area contributed by atoms with Crippen LogP contribution in [0.3, 0.4) is 0 Å². The fourth-order valence-corrected chi connectivity index (χ4v) is 6.13. The zero-order valence-corrected chi connectivity index (χ0v) is 25.0. The Labute approximate surface area is 211 Å². The molecule has 35 heavy (non-hydrogen) atoms. The summed E-state index contributed by atoms with van der Waals surface area (Å²) in [5, 5.41) is 1.22. The molecule has 0 spiro atoms. The van der Waals surface area contributed by atoms with Crippen LogP contribution in [0.25, 0.3) is 22.1 Å². The molecule has 1 heterocycles. The monoisotopic (exact) mass is 508 g/mol. The van der Waals surface area contributed by atoms with Crippen molar-refractivity contribution in [1.29, 1.82) is 0 Å². The smallest absolute Gasteiger partial charge is 0.344 e. The first-order valence-corrected chi connectivity index (χ1v) is 18.4. The summed E-state index contributed by atoms with van der Waals surface area (Å²) in [5.74, 6) is 1.67. The molecule has 0 amide bonds. The first-order chi connectivity index (χ1) is 16.0. The number of hydrogen-bond acceptors (Lipinski definition) is 4. The quantitative estimate of drug-likeness (QED) is 0.262. The molecular formula is C29H40O4Si2. The van der Waals surface area contributed by atoms with Crippen LogP contribution in [0.1, 0.15) is 52.7 Å². The van der Waals surface area contributed by atoms with Crippen molar-refractivity contribution in [3.8, 4) is 22.6 Å². The summed E-state index contributed by atoms with van der Waals surface area (Å²) in [6.07, 6.45) is 1.67. The summed E-state index contributed by atoms with van der Waals surface area (Å²) in [5.41, 5.74) is 4.20. The Kier molecular flexibility index (Phi) is 6.17. The second-order valence-electron chi connectivity index (χ2n) is 12.9. The maximum Gasteiger partial charge on any atom is 0.344 e. The van der Waals surface area contributed by atoms with Crippen LogP contribution >= 0.6 is 0 Å². The molecule has 0 aliphatic heterocycles. The van der Waals surface area contributed by atoms with Gasteiger partial charge in [0.05, 0.1) is 5.56 Å². The van der Waals surface area contributed by atoms with E-state index in [-0.39, 0.29) is 15.7 Å². The first kappa shape index (κ1) is 25.8. The molecule has 0 radical (unpaired) electrons. The van der Waals surface area contributed by atoms with Gasteiger partial charge in [-0.3, -0.25) is 0 Å². The molecule has 0 bridgehead atoms. The molecule has 4 nitrogen and oxygen atoms in total. The standard InChI is InChI=1S/C29H40O4Si2/c1-28(2,3)34(7,8)32-20-12-15-22-19(17-20)11-14-24-23-16-13-21(33-35(9,10)29(4,5)6)18-25(23)31-27(30)26(22)24/h12-13,15-18H,11,14H2,1-10H3. The second-order valence-corrected chi connectivity index (χ2v) is 22.4. The Balaban J connectivity index is 1.73. The van der Waals surface area contributed by atoms with E-state index in [1.54, 1.807) is 0 Å². The van der Waals surface area contributed by atoms with Crippen molar-refractivity contribution in [2.75, 3.05) is 0 Å². The number of hydrogen-bond donors (Lipinski definition) is 0. The van der Waals surface area contributed by atoms with Crippen LogP contribution in [0.4, 0.5) is 0 Å². The van der Waals surface area contributed by atoms with E-state index >= 15 is 0 Å². The molecule has 0 N–H and O–H groups in total. The van der Waals surface area contributed by atoms with Gasteiger partial charge in [0.15, 0.2) is 0 Å². The van der Waals surface area contributed by atoms with E-state index in [2.05, 4.69) is 79.9 Å². The molecule has 4 rings (SSSR count). The third-order valence-electron chi connectivity index (χ3n) is 8.34. The van der Waals surface area contributed by atoms with Crippen LogP contribution < -0.4 is 14.5 Å². The lowest BCUT2D eigenvalue weighted by Crippen LogP contribution is -2.43. The number of aryl methyl sites for hydroxylation is 2. The van der Waals surface area contributed by atoms with Crippen LogP contribution in [0.15, 0.2) is 45.6 Å². The zero-order chi connectivity index (χ0) is 26.0. The Morgan fingerprint density at radius 1 is 0.771 bits per heavy atom. The predicted molar refractivity (Wildman–Crippen MR) is 151 cm³/mol. The van der Waals surface area contributed by atoms with Crippen molar-refractivity contribution in [3.05, 3.63) is 57.9 Å². The Morgan fingerprint density at radius 3 is 1.89 bits per heavy atom. The summed E-state index contributed by atoms with van der Waals surface area (Å²) < 4.78 is 18.9. The molecule has 0 unspecified atom stereocenters. The zero-order valence-electron chi connectivity index (χ0n) is 23.0. The summed E-state index contributed by atoms with van der Waals surface area (Å²) in [6, 6.07) is 12.1. The fourth-order valence-electron chi connectivity index (χ4n) is 4.08. The Bertz CT molecular complexity index is 1340. The van der Waals surface area contributed by atoms with Gasteiger partial charge in [-0.1, -0.05) is 47.6 Å². The molecule has 1 aliphatic rings. The van der Waals surface area contributed by atoms with Crippen molar-refractivity contribution in [3.63, 3.8) is 0 Å². The minimum absolute atomic E-state index is 0.0928. The van der Waals surface area contributed by atoms with E-state index in [0.29, 0.717) is 11.1 Å². The van der Waals surface area contributed by atoms with Gasteiger partial charge in [0.1, 0.15) is 17.1 Å². The molecule has 188 valence electrons. The highest BCUT2D eigenvalue weighted by Crippen LogP contribution is 2.42. The summed E-state index contributed by atoms with van der Waals surface area (Å²) >= 11 is 0. The van der Waals surface area contributed by atoms with E-state index in [1.165, 1.54) is 0 Å². The molecule has 0 saturated carbocycles. The summed E-state index contributed by atoms with van der Waals surface area (Å²) in [7, 11) is -3.92. The van der Waals surface area contributed by atoms with E-state index in [4.69, 9.17) is 13.3 Å². The van der Waals surface area contributed by atoms with E-state index in [9.17, 15) is 4.79 Å². The number of fused-ring (bicyclic) bond motifs is 5. The van der Waals surface area contributed by atoms with E-state index in [1.807, 2.05) is 24.3 Å². The van der Waals surface area contributed by atoms with Crippen LogP contribution in [0.5, 0.6) is 11.5 Å². The van der Waals surface area contributed by atoms with Crippen molar-refractivity contribution in [2.24, 2.45) is 0 Å². The van der Waals surface area contributed by atoms with E-state index < -0.39 is 16.6 Å². The van der Waals surface area contributed by atoms with Gasteiger partial charge in [-0.25, -0.2) is 4.79 Å². The van der Waals surface area contributed by atoms with Crippen molar-refractivity contribution in [2.45, 2.75) is 90.6 Å². The van der Waals surface area contributed by atoms with Crippen LogP contribution in [0.2, 0.25) is 36.3 Å². The van der Waals surface area contributed by atoms with Crippen molar-refractivity contribution in [1.82, 2.24) is 0 Å². The molecular weight excluding hydrogens is 468 g/mol. The van der Waals surface area contributed by atoms with Gasteiger partial charge in [-0.05, 0) is 90.1 Å². The van der Waals surface area contributed by atoms with Crippen LogP contribution in [-0.4, -0.2) is 16.6 Å². The molecule has 6 heteroatoms. The summed E-state index contributed by atoms with van der Waals surface area (Å²) in [4.78, 5) is 13.2. The average Bonchev–Trinajstić information content (AvgIpc) is 2.70. The topological polar surface area (TPSA) is 48.7 Å². The Hall–Kier alpha value is -2.32. The molecule has 0 atom stereocenters. The van der Waals surface area contributed by atoms with Gasteiger partial charge in [0, 0.05) is 11.5 Å². The maximum atomic E-state index is 13.2. The second kappa shape index (κ2) is 8.37. The van der Waals surface area contributed by atoms with Gasteiger partial charge < -0.3 is 13.3 Å². The van der Waals surface area contributed by atoms with Gasteiger partial charge in [0.2, 0.25) is 16.6 Å². The average molecular weight is 509 g/mol. The minimum Gasteiger partial charge on any atom is -0.543 e. The number of benzene rings is 2. The molecule has 2 aromatic carbocycles. The maximum absolute atomic E-state index is 13.2. The lowest BCUT2D eigenvalue weighted by Gasteiger charge is -2.36. The van der Waals surface area contributed by atoms with Crippen molar-refractivity contribution >= 4 is 27.6 Å². The molecule has 1 aliphatic carbocycles. The van der Waals surface area contributed by atoms with Gasteiger partial charge >= 0.3 is 5.63 Å². The van der Waals surface area contributed by atoms with E-state index in [0.717, 1.165) is 46.4 Å². The predicted octanol–water partition coefficient (Wildman–Crippen LogP) is 8.33. The van der Waals surface area contributed by atoms with Gasteiger partial charge in [-0.15, -0.1) is 0 Å². The SMILES string of the molecule is CC(C)(C)[Si](C)(C)Oc1ccc2c(c1)CCc1c-2c(=O)oc2cc(O[Si](C)(C)C(C)(C)C)ccc12. The third-order valence-corrected chi connectivity index (χ3v) is 17.1.